The largest absolute Gasteiger partial charge is 0.399 e. The Labute approximate surface area is 174 Å². The Morgan fingerprint density at radius 3 is 2.26 bits per heavy atom. The van der Waals surface area contributed by atoms with Gasteiger partial charge < -0.3 is 16.0 Å². The molecule has 3 N–H and O–H groups in total. The van der Waals surface area contributed by atoms with Crippen LogP contribution in [0.3, 0.4) is 0 Å². The van der Waals surface area contributed by atoms with Crippen LogP contribution in [0.2, 0.25) is 0 Å². The molecule has 1 aliphatic heterocycles. The molecule has 1 heterocycles. The molecule has 0 radical (unpaired) electrons. The zero-order valence-electron chi connectivity index (χ0n) is 15.5. The number of aryl methyl sites for hydroxylation is 1. The monoisotopic (exact) mass is 409 g/mol. The van der Waals surface area contributed by atoms with Crippen LogP contribution in [0.4, 0.5) is 17.1 Å². The van der Waals surface area contributed by atoms with Gasteiger partial charge in [-0.25, -0.2) is 0 Å². The van der Waals surface area contributed by atoms with E-state index in [4.69, 9.17) is 5.73 Å². The normalized spacial score (nSPS) is 13.7. The van der Waals surface area contributed by atoms with Crippen molar-refractivity contribution in [3.8, 4) is 0 Å². The predicted molar refractivity (Wildman–Crippen MR) is 119 cm³/mol. The fraction of sp³-hybridized carbons (Fsp3) is 0.381. The van der Waals surface area contributed by atoms with Crippen LogP contribution >= 0.6 is 24.8 Å². The number of hydrogen-bond acceptors (Lipinski definition) is 3. The molecule has 2 aromatic carbocycles. The average Bonchev–Trinajstić information content (AvgIpc) is 2.91. The maximum atomic E-state index is 12.4. The summed E-state index contributed by atoms with van der Waals surface area (Å²) < 4.78 is 0. The van der Waals surface area contributed by atoms with Crippen molar-refractivity contribution < 1.29 is 4.79 Å². The Morgan fingerprint density at radius 2 is 1.56 bits per heavy atom. The van der Waals surface area contributed by atoms with Crippen molar-refractivity contribution in [2.45, 2.75) is 38.5 Å². The highest BCUT2D eigenvalue weighted by Crippen LogP contribution is 2.28. The number of nitrogens with two attached hydrogens (primary N) is 1. The lowest BCUT2D eigenvalue weighted by molar-refractivity contribution is -0.116. The first-order valence-corrected chi connectivity index (χ1v) is 9.21. The van der Waals surface area contributed by atoms with Gasteiger partial charge in [-0.15, -0.1) is 24.8 Å². The second kappa shape index (κ2) is 11.7. The minimum atomic E-state index is 0. The molecule has 6 heteroatoms. The minimum absolute atomic E-state index is 0. The van der Waals surface area contributed by atoms with Crippen LogP contribution in [-0.4, -0.2) is 19.0 Å². The molecule has 27 heavy (non-hydrogen) atoms. The number of carbonyl (C=O) groups is 1. The number of hydrogen-bond donors (Lipinski definition) is 2. The van der Waals surface area contributed by atoms with Crippen molar-refractivity contribution in [1.29, 1.82) is 0 Å². The van der Waals surface area contributed by atoms with E-state index in [1.54, 1.807) is 0 Å². The second-order valence-electron chi connectivity index (χ2n) is 6.67. The maximum Gasteiger partial charge on any atom is 0.224 e. The predicted octanol–water partition coefficient (Wildman–Crippen LogP) is 5.06. The number of halogens is 2. The van der Waals surface area contributed by atoms with Crippen LogP contribution in [0.15, 0.2) is 48.5 Å². The molecular weight excluding hydrogens is 381 g/mol. The molecule has 4 nitrogen and oxygen atoms in total. The summed E-state index contributed by atoms with van der Waals surface area (Å²) in [7, 11) is 0. The summed E-state index contributed by atoms with van der Waals surface area (Å²) in [4.78, 5) is 14.8. The molecule has 0 spiro atoms. The average molecular weight is 410 g/mol. The van der Waals surface area contributed by atoms with E-state index in [-0.39, 0.29) is 30.7 Å². The van der Waals surface area contributed by atoms with Crippen LogP contribution in [0, 0.1) is 0 Å². The van der Waals surface area contributed by atoms with E-state index in [1.807, 2.05) is 42.5 Å². The number of nitrogens with one attached hydrogen (secondary N) is 1. The first-order chi connectivity index (χ1) is 12.2. The molecule has 2 aromatic rings. The molecule has 148 valence electrons. The third kappa shape index (κ3) is 6.64. The lowest BCUT2D eigenvalue weighted by Crippen LogP contribution is -2.25. The highest BCUT2D eigenvalue weighted by atomic mass is 35.5. The molecule has 1 aliphatic rings. The highest BCUT2D eigenvalue weighted by Gasteiger charge is 2.14. The molecule has 0 aromatic heterocycles. The minimum Gasteiger partial charge on any atom is -0.399 e. The third-order valence-corrected chi connectivity index (χ3v) is 4.80. The maximum absolute atomic E-state index is 12.4. The van der Waals surface area contributed by atoms with E-state index >= 15 is 0 Å². The fourth-order valence-corrected chi connectivity index (χ4v) is 3.39. The summed E-state index contributed by atoms with van der Waals surface area (Å²) in [5, 5.41) is 3.10. The van der Waals surface area contributed by atoms with Crippen molar-refractivity contribution in [3.05, 3.63) is 54.1 Å². The van der Waals surface area contributed by atoms with Gasteiger partial charge in [0.15, 0.2) is 0 Å². The van der Waals surface area contributed by atoms with E-state index in [1.165, 1.54) is 25.7 Å². The number of rotatable bonds is 5. The zero-order valence-corrected chi connectivity index (χ0v) is 17.2. The Hall–Kier alpha value is -1.91. The Kier molecular flexibility index (Phi) is 10.0. The molecule has 1 amide bonds. The molecule has 1 saturated heterocycles. The second-order valence-corrected chi connectivity index (χ2v) is 6.67. The summed E-state index contributed by atoms with van der Waals surface area (Å²) in [6.07, 6.45) is 6.12. The number of nitrogens with zero attached hydrogens (tertiary/aromatic N) is 1. The molecule has 3 rings (SSSR count). The van der Waals surface area contributed by atoms with Crippen molar-refractivity contribution >= 4 is 47.8 Å². The van der Waals surface area contributed by atoms with Gasteiger partial charge in [-0.2, -0.15) is 0 Å². The molecule has 0 atom stereocenters. The summed E-state index contributed by atoms with van der Waals surface area (Å²) in [6.45, 7) is 2.13. The highest BCUT2D eigenvalue weighted by molar-refractivity contribution is 5.94. The Morgan fingerprint density at radius 1 is 0.926 bits per heavy atom. The van der Waals surface area contributed by atoms with Crippen molar-refractivity contribution in [2.24, 2.45) is 0 Å². The van der Waals surface area contributed by atoms with Crippen LogP contribution in [0.25, 0.3) is 0 Å². The van der Waals surface area contributed by atoms with E-state index in [0.29, 0.717) is 12.8 Å². The van der Waals surface area contributed by atoms with Crippen molar-refractivity contribution in [3.63, 3.8) is 0 Å². The van der Waals surface area contributed by atoms with Gasteiger partial charge in [0.1, 0.15) is 0 Å². The number of nitrogen functional groups attached to an aromatic ring is 1. The number of benzene rings is 2. The van der Waals surface area contributed by atoms with Gasteiger partial charge in [-0.05, 0) is 43.0 Å². The quantitative estimate of drug-likeness (QED) is 0.677. The SMILES string of the molecule is Cl.Cl.Nc1ccccc1CCC(=O)Nc1ccccc1N1CCCCCC1. The molecule has 0 unspecified atom stereocenters. The molecule has 0 saturated carbocycles. The summed E-state index contributed by atoms with van der Waals surface area (Å²) in [5.41, 5.74) is 9.78. The zero-order chi connectivity index (χ0) is 17.5. The van der Waals surface area contributed by atoms with Gasteiger partial charge in [0.05, 0.1) is 11.4 Å². The fourth-order valence-electron chi connectivity index (χ4n) is 3.39. The van der Waals surface area contributed by atoms with E-state index < -0.39 is 0 Å². The van der Waals surface area contributed by atoms with Crippen LogP contribution in [-0.2, 0) is 11.2 Å². The number of anilines is 3. The van der Waals surface area contributed by atoms with Gasteiger partial charge in [0.2, 0.25) is 5.91 Å². The Bertz CT molecular complexity index is 716. The molecule has 0 bridgehead atoms. The summed E-state index contributed by atoms with van der Waals surface area (Å²) >= 11 is 0. The number of amides is 1. The number of carbonyl (C=O) groups excluding carboxylic acids is 1. The van der Waals surface area contributed by atoms with Crippen LogP contribution < -0.4 is 16.0 Å². The molecule has 0 aliphatic carbocycles. The lowest BCUT2D eigenvalue weighted by Gasteiger charge is -2.25. The van der Waals surface area contributed by atoms with Gasteiger partial charge >= 0.3 is 0 Å². The van der Waals surface area contributed by atoms with E-state index in [9.17, 15) is 4.79 Å². The van der Waals surface area contributed by atoms with Crippen molar-refractivity contribution in [2.75, 3.05) is 29.0 Å². The smallest absolute Gasteiger partial charge is 0.224 e. The topological polar surface area (TPSA) is 58.4 Å². The van der Waals surface area contributed by atoms with E-state index in [2.05, 4.69) is 16.3 Å². The summed E-state index contributed by atoms with van der Waals surface area (Å²) in [6, 6.07) is 15.8. The summed E-state index contributed by atoms with van der Waals surface area (Å²) in [5.74, 6) is 0.0329. The lowest BCUT2D eigenvalue weighted by atomic mass is 10.1. The van der Waals surface area contributed by atoms with Gasteiger partial charge in [-0.3, -0.25) is 4.79 Å². The van der Waals surface area contributed by atoms with Gasteiger partial charge in [-0.1, -0.05) is 43.2 Å². The molecule has 1 fully saturated rings. The van der Waals surface area contributed by atoms with E-state index in [0.717, 1.165) is 35.7 Å². The first-order valence-electron chi connectivity index (χ1n) is 9.21. The van der Waals surface area contributed by atoms with Crippen LogP contribution in [0.1, 0.15) is 37.7 Å². The molecular formula is C21H29Cl2N3O. The third-order valence-electron chi connectivity index (χ3n) is 4.80. The van der Waals surface area contributed by atoms with Crippen molar-refractivity contribution in [1.82, 2.24) is 0 Å². The standard InChI is InChI=1S/C21H27N3O.2ClH/c22-18-10-4-3-9-17(18)13-14-21(25)23-19-11-5-6-12-20(19)24-15-7-1-2-8-16-24;;/h3-6,9-12H,1-2,7-8,13-16,22H2,(H,23,25);2*1H. The van der Waals surface area contributed by atoms with Crippen LogP contribution in [0.5, 0.6) is 0 Å². The van der Waals surface area contributed by atoms with Gasteiger partial charge in [0.25, 0.3) is 0 Å². The first kappa shape index (κ1) is 23.1. The van der Waals surface area contributed by atoms with Gasteiger partial charge in [0, 0.05) is 25.2 Å². The Balaban J connectivity index is 0.00000182. The number of para-hydroxylation sites is 3.